The minimum absolute atomic E-state index is 0.218. The lowest BCUT2D eigenvalue weighted by Gasteiger charge is -2.45. The van der Waals surface area contributed by atoms with Crippen molar-refractivity contribution in [1.29, 1.82) is 0 Å². The predicted molar refractivity (Wildman–Crippen MR) is 87.5 cm³/mol. The maximum Gasteiger partial charge on any atom is 0.472 e. The molecule has 0 aromatic heterocycles. The molecular weight excluding hydrogens is 299 g/mol. The lowest BCUT2D eigenvalue weighted by Crippen LogP contribution is -2.38. The highest BCUT2D eigenvalue weighted by atomic mass is 31.2. The fraction of sp³-hybridized carbons (Fsp3) is 0.647. The quantitative estimate of drug-likeness (QED) is 0.696. The number of rotatable bonds is 7. The van der Waals surface area contributed by atoms with Gasteiger partial charge < -0.3 is 4.89 Å². The normalized spacial score (nSPS) is 27.7. The molecule has 22 heavy (non-hydrogen) atoms. The van der Waals surface area contributed by atoms with Crippen molar-refractivity contribution in [3.8, 4) is 0 Å². The van der Waals surface area contributed by atoms with Gasteiger partial charge in [0.25, 0.3) is 0 Å². The Morgan fingerprint density at radius 3 is 2.32 bits per heavy atom. The summed E-state index contributed by atoms with van der Waals surface area (Å²) in [6.45, 7) is 4.61. The molecule has 4 nitrogen and oxygen atoms in total. The lowest BCUT2D eigenvalue weighted by molar-refractivity contribution is -0.0779. The Labute approximate surface area is 133 Å². The van der Waals surface area contributed by atoms with Gasteiger partial charge in [0.05, 0.1) is 6.61 Å². The average Bonchev–Trinajstić information content (AvgIpc) is 2.53. The summed E-state index contributed by atoms with van der Waals surface area (Å²) >= 11 is 0. The van der Waals surface area contributed by atoms with Gasteiger partial charge in [0, 0.05) is 5.41 Å². The summed E-state index contributed by atoms with van der Waals surface area (Å²) < 4.78 is 22.7. The van der Waals surface area contributed by atoms with Gasteiger partial charge in [-0.1, -0.05) is 69.9 Å². The van der Waals surface area contributed by atoms with E-state index in [9.17, 15) is 9.46 Å². The third kappa shape index (κ3) is 4.20. The van der Waals surface area contributed by atoms with Crippen molar-refractivity contribution in [1.82, 2.24) is 0 Å². The molecule has 0 bridgehead atoms. The van der Waals surface area contributed by atoms with Crippen molar-refractivity contribution in [3.63, 3.8) is 0 Å². The zero-order chi connectivity index (χ0) is 16.1. The Kier molecular flexibility index (Phi) is 6.22. The van der Waals surface area contributed by atoms with Gasteiger partial charge in [0.1, 0.15) is 6.10 Å². The van der Waals surface area contributed by atoms with E-state index in [1.807, 2.05) is 30.3 Å². The van der Waals surface area contributed by atoms with Crippen molar-refractivity contribution in [3.05, 3.63) is 35.9 Å². The third-order valence-electron chi connectivity index (χ3n) is 4.47. The predicted octanol–water partition coefficient (Wildman–Crippen LogP) is 5.24. The highest BCUT2D eigenvalue weighted by Crippen LogP contribution is 2.61. The highest BCUT2D eigenvalue weighted by Gasteiger charge is 2.49. The summed E-state index contributed by atoms with van der Waals surface area (Å²) in [6.07, 6.45) is 5.83. The van der Waals surface area contributed by atoms with Crippen LogP contribution in [0.3, 0.4) is 0 Å². The highest BCUT2D eigenvalue weighted by molar-refractivity contribution is 7.47. The van der Waals surface area contributed by atoms with E-state index in [0.29, 0.717) is 6.61 Å². The molecule has 1 heterocycles. The number of benzene rings is 1. The van der Waals surface area contributed by atoms with Crippen LogP contribution in [-0.4, -0.2) is 11.5 Å². The summed E-state index contributed by atoms with van der Waals surface area (Å²) in [6, 6.07) is 9.79. The van der Waals surface area contributed by atoms with Crippen LogP contribution in [0.25, 0.3) is 0 Å². The zero-order valence-electron chi connectivity index (χ0n) is 13.5. The summed E-state index contributed by atoms with van der Waals surface area (Å²) in [4.78, 5) is 9.80. The molecule has 0 spiro atoms. The molecule has 1 aromatic rings. The largest absolute Gasteiger partial charge is 0.472 e. The Balaban J connectivity index is 2.35. The van der Waals surface area contributed by atoms with Gasteiger partial charge in [0.15, 0.2) is 0 Å². The minimum atomic E-state index is -3.95. The molecule has 0 amide bonds. The summed E-state index contributed by atoms with van der Waals surface area (Å²) in [5, 5.41) is 0. The topological polar surface area (TPSA) is 55.8 Å². The van der Waals surface area contributed by atoms with E-state index >= 15 is 0 Å². The van der Waals surface area contributed by atoms with Crippen molar-refractivity contribution in [2.24, 2.45) is 5.41 Å². The van der Waals surface area contributed by atoms with E-state index in [-0.39, 0.29) is 11.5 Å². The van der Waals surface area contributed by atoms with Crippen LogP contribution in [0.5, 0.6) is 0 Å². The summed E-state index contributed by atoms with van der Waals surface area (Å²) in [5.74, 6) is 0. The first-order valence-electron chi connectivity index (χ1n) is 8.24. The molecule has 0 radical (unpaired) electrons. The SMILES string of the molecule is CCCCC1(CCCC)COP(=O)(O)OC1c1ccccc1. The van der Waals surface area contributed by atoms with Crippen molar-refractivity contribution in [2.75, 3.05) is 6.61 Å². The first kappa shape index (κ1) is 17.7. The van der Waals surface area contributed by atoms with E-state index in [4.69, 9.17) is 9.05 Å². The molecule has 1 aliphatic heterocycles. The molecule has 1 N–H and O–H groups in total. The molecule has 1 aliphatic rings. The number of hydrogen-bond acceptors (Lipinski definition) is 3. The fourth-order valence-electron chi connectivity index (χ4n) is 3.19. The van der Waals surface area contributed by atoms with Gasteiger partial charge in [-0.05, 0) is 18.4 Å². The summed E-state index contributed by atoms with van der Waals surface area (Å²) in [5.41, 5.74) is 0.747. The Hall–Kier alpha value is -0.670. The Morgan fingerprint density at radius 2 is 1.77 bits per heavy atom. The second-order valence-corrected chi connectivity index (χ2v) is 7.61. The van der Waals surface area contributed by atoms with Crippen LogP contribution < -0.4 is 0 Å². The van der Waals surface area contributed by atoms with Gasteiger partial charge in [0.2, 0.25) is 0 Å². The van der Waals surface area contributed by atoms with Gasteiger partial charge in [-0.25, -0.2) is 4.57 Å². The molecule has 2 rings (SSSR count). The Bertz CT molecular complexity index is 495. The first-order valence-corrected chi connectivity index (χ1v) is 9.73. The molecule has 124 valence electrons. The third-order valence-corrected chi connectivity index (χ3v) is 5.40. The van der Waals surface area contributed by atoms with Crippen LogP contribution in [0.15, 0.2) is 30.3 Å². The molecule has 0 aliphatic carbocycles. The molecule has 2 atom stereocenters. The first-order chi connectivity index (χ1) is 10.5. The van der Waals surface area contributed by atoms with Crippen LogP contribution >= 0.6 is 7.82 Å². The minimum Gasteiger partial charge on any atom is -0.302 e. The van der Waals surface area contributed by atoms with Crippen LogP contribution in [0.4, 0.5) is 0 Å². The van der Waals surface area contributed by atoms with E-state index in [1.54, 1.807) is 0 Å². The molecule has 5 heteroatoms. The molecule has 2 unspecified atom stereocenters. The Morgan fingerprint density at radius 1 is 1.18 bits per heavy atom. The van der Waals surface area contributed by atoms with E-state index in [0.717, 1.165) is 44.1 Å². The number of phosphoric acid groups is 1. The van der Waals surface area contributed by atoms with Gasteiger partial charge >= 0.3 is 7.82 Å². The van der Waals surface area contributed by atoms with Gasteiger partial charge in [-0.15, -0.1) is 0 Å². The second-order valence-electron chi connectivity index (χ2n) is 6.21. The van der Waals surface area contributed by atoms with E-state index in [2.05, 4.69) is 13.8 Å². The number of phosphoric ester groups is 1. The molecule has 1 aromatic carbocycles. The number of unbranched alkanes of at least 4 members (excludes halogenated alkanes) is 2. The lowest BCUT2D eigenvalue weighted by atomic mass is 9.72. The van der Waals surface area contributed by atoms with Crippen molar-refractivity contribution >= 4 is 7.82 Å². The van der Waals surface area contributed by atoms with E-state index < -0.39 is 7.82 Å². The van der Waals surface area contributed by atoms with Gasteiger partial charge in [-0.2, -0.15) is 0 Å². The van der Waals surface area contributed by atoms with E-state index in [1.165, 1.54) is 0 Å². The summed E-state index contributed by atoms with van der Waals surface area (Å²) in [7, 11) is -3.95. The number of hydrogen-bond donors (Lipinski definition) is 1. The zero-order valence-corrected chi connectivity index (χ0v) is 14.4. The second kappa shape index (κ2) is 7.74. The van der Waals surface area contributed by atoms with Crippen LogP contribution in [-0.2, 0) is 13.6 Å². The molecule has 1 fully saturated rings. The maximum atomic E-state index is 12.0. The van der Waals surface area contributed by atoms with Crippen molar-refractivity contribution in [2.45, 2.75) is 58.5 Å². The smallest absolute Gasteiger partial charge is 0.302 e. The van der Waals surface area contributed by atoms with Crippen LogP contribution in [0.1, 0.15) is 64.0 Å². The van der Waals surface area contributed by atoms with Crippen molar-refractivity contribution < 1.29 is 18.5 Å². The fourth-order valence-corrected chi connectivity index (χ4v) is 4.29. The average molecular weight is 326 g/mol. The standard InChI is InChI=1S/C17H27O4P/c1-3-5-12-17(13-6-4-2)14-20-22(18,19)21-16(17)15-10-8-7-9-11-15/h7-11,16H,3-6,12-14H2,1-2H3,(H,18,19). The molecular formula is C17H27O4P. The monoisotopic (exact) mass is 326 g/mol. The van der Waals surface area contributed by atoms with Gasteiger partial charge in [-0.3, -0.25) is 9.05 Å². The molecule has 0 saturated carbocycles. The van der Waals surface area contributed by atoms with Crippen LogP contribution in [0, 0.1) is 5.41 Å². The maximum absolute atomic E-state index is 12.0. The van der Waals surface area contributed by atoms with Crippen LogP contribution in [0.2, 0.25) is 0 Å². The molecule has 1 saturated heterocycles.